The minimum absolute atomic E-state index is 0.0513. The van der Waals surface area contributed by atoms with E-state index in [2.05, 4.69) is 0 Å². The van der Waals surface area contributed by atoms with Gasteiger partial charge in [-0.15, -0.1) is 11.6 Å². The van der Waals surface area contributed by atoms with Gasteiger partial charge in [0, 0.05) is 17.2 Å². The molecule has 0 saturated heterocycles. The molecule has 1 N–H and O–H groups in total. The number of esters is 1. The van der Waals surface area contributed by atoms with Gasteiger partial charge in [0.25, 0.3) is 0 Å². The molecule has 32 heavy (non-hydrogen) atoms. The Bertz CT molecular complexity index is 907. The van der Waals surface area contributed by atoms with Gasteiger partial charge in [0.1, 0.15) is 5.60 Å². The van der Waals surface area contributed by atoms with Crippen LogP contribution in [0.3, 0.4) is 0 Å². The van der Waals surface area contributed by atoms with E-state index in [-0.39, 0.29) is 24.3 Å². The van der Waals surface area contributed by atoms with Crippen LogP contribution in [0.1, 0.15) is 43.7 Å². The number of carbonyl (C=O) groups excluding carboxylic acids is 2. The standard InChI is InChI=1S/C21H20ClF6NO3/c22-18-7-11-6-13(9-18)14(19(8-11,10-18)32-17(31)21(26,27)28)15(12-4-2-1-3-5-12)29-16(30)20(23,24)25/h1-5,11,13-15H,6-10H2,(H,29,30)/t11?,13?,14-,15+,18+,19+/m1/s1. The normalized spacial score (nSPS) is 34.8. The van der Waals surface area contributed by atoms with E-state index in [1.165, 1.54) is 12.1 Å². The summed E-state index contributed by atoms with van der Waals surface area (Å²) in [5.41, 5.74) is -1.45. The molecule has 1 aromatic carbocycles. The molecule has 4 saturated carbocycles. The van der Waals surface area contributed by atoms with Crippen LogP contribution < -0.4 is 5.32 Å². The molecule has 4 bridgehead atoms. The molecular weight excluding hydrogens is 464 g/mol. The van der Waals surface area contributed by atoms with Crippen LogP contribution in [-0.4, -0.2) is 34.7 Å². The average molecular weight is 484 g/mol. The molecule has 0 aliphatic heterocycles. The fourth-order valence-corrected chi connectivity index (χ4v) is 6.89. The van der Waals surface area contributed by atoms with Crippen LogP contribution in [0, 0.1) is 17.8 Å². The Morgan fingerprint density at radius 2 is 1.69 bits per heavy atom. The lowest BCUT2D eigenvalue weighted by molar-refractivity contribution is -0.245. The van der Waals surface area contributed by atoms with Crippen molar-refractivity contribution >= 4 is 23.5 Å². The van der Waals surface area contributed by atoms with Crippen LogP contribution in [0.4, 0.5) is 26.3 Å². The molecule has 11 heteroatoms. The van der Waals surface area contributed by atoms with E-state index in [1.807, 2.05) is 5.32 Å². The van der Waals surface area contributed by atoms with Crippen LogP contribution in [0.5, 0.6) is 0 Å². The molecule has 0 aromatic heterocycles. The van der Waals surface area contributed by atoms with Gasteiger partial charge >= 0.3 is 24.2 Å². The number of hydrogen-bond acceptors (Lipinski definition) is 3. The molecule has 4 fully saturated rings. The summed E-state index contributed by atoms with van der Waals surface area (Å²) >= 11 is 6.67. The van der Waals surface area contributed by atoms with E-state index >= 15 is 0 Å². The number of ether oxygens (including phenoxy) is 1. The van der Waals surface area contributed by atoms with Gasteiger partial charge in [-0.1, -0.05) is 30.3 Å². The van der Waals surface area contributed by atoms with Gasteiger partial charge in [-0.2, -0.15) is 26.3 Å². The van der Waals surface area contributed by atoms with Crippen molar-refractivity contribution < 1.29 is 40.7 Å². The van der Waals surface area contributed by atoms with Gasteiger partial charge in [0.05, 0.1) is 6.04 Å². The maximum Gasteiger partial charge on any atom is 0.490 e. The Kier molecular flexibility index (Phi) is 5.46. The minimum Gasteiger partial charge on any atom is -0.452 e. The molecule has 4 aliphatic carbocycles. The highest BCUT2D eigenvalue weighted by atomic mass is 35.5. The molecular formula is C21H20ClF6NO3. The number of carbonyl (C=O) groups is 2. The monoisotopic (exact) mass is 483 g/mol. The number of hydrogen-bond donors (Lipinski definition) is 1. The molecule has 176 valence electrons. The number of halogens is 7. The first-order valence-corrected chi connectivity index (χ1v) is 10.5. The summed E-state index contributed by atoms with van der Waals surface area (Å²) in [5.74, 6) is -6.15. The van der Waals surface area contributed by atoms with Crippen molar-refractivity contribution in [2.24, 2.45) is 17.8 Å². The molecule has 1 aromatic rings. The Hall–Kier alpha value is -1.97. The summed E-state index contributed by atoms with van der Waals surface area (Å²) in [6.07, 6.45) is -9.12. The topological polar surface area (TPSA) is 55.4 Å². The zero-order chi connectivity index (χ0) is 23.5. The van der Waals surface area contributed by atoms with Crippen LogP contribution in [0.25, 0.3) is 0 Å². The third-order valence-electron chi connectivity index (χ3n) is 6.87. The van der Waals surface area contributed by atoms with Crippen LogP contribution in [0.15, 0.2) is 30.3 Å². The Morgan fingerprint density at radius 1 is 1.03 bits per heavy atom. The van der Waals surface area contributed by atoms with Crippen molar-refractivity contribution in [1.29, 1.82) is 0 Å². The lowest BCUT2D eigenvalue weighted by Gasteiger charge is -2.64. The summed E-state index contributed by atoms with van der Waals surface area (Å²) in [7, 11) is 0. The summed E-state index contributed by atoms with van der Waals surface area (Å²) in [6.45, 7) is 0. The largest absolute Gasteiger partial charge is 0.490 e. The summed E-state index contributed by atoms with van der Waals surface area (Å²) < 4.78 is 83.8. The first-order valence-electron chi connectivity index (χ1n) is 10.1. The quantitative estimate of drug-likeness (QED) is 0.370. The molecule has 0 spiro atoms. The third-order valence-corrected chi connectivity index (χ3v) is 7.32. The van der Waals surface area contributed by atoms with Crippen molar-refractivity contribution in [1.82, 2.24) is 5.32 Å². The number of amides is 1. The lowest BCUT2D eigenvalue weighted by atomic mass is 9.47. The van der Waals surface area contributed by atoms with Gasteiger partial charge in [-0.3, -0.25) is 4.79 Å². The molecule has 2 unspecified atom stereocenters. The molecule has 4 aliphatic rings. The van der Waals surface area contributed by atoms with Gasteiger partial charge in [-0.05, 0) is 43.1 Å². The van der Waals surface area contributed by atoms with Crippen molar-refractivity contribution in [3.8, 4) is 0 Å². The van der Waals surface area contributed by atoms with Crippen molar-refractivity contribution in [2.75, 3.05) is 0 Å². The highest BCUT2D eigenvalue weighted by Crippen LogP contribution is 2.66. The molecule has 0 heterocycles. The minimum atomic E-state index is -5.27. The Morgan fingerprint density at radius 3 is 2.25 bits per heavy atom. The second-order valence-electron chi connectivity index (χ2n) is 9.14. The Balaban J connectivity index is 1.79. The SMILES string of the molecule is O=C(N[C@@H](c1ccccc1)[C@H]1C2CC3C[C@](Cl)(C2)C[C@@]1(OC(=O)C(F)(F)F)C3)C(F)(F)F. The van der Waals surface area contributed by atoms with Crippen molar-refractivity contribution in [2.45, 2.75) is 61.0 Å². The second-order valence-corrected chi connectivity index (χ2v) is 9.94. The smallest absolute Gasteiger partial charge is 0.452 e. The summed E-state index contributed by atoms with van der Waals surface area (Å²) in [5, 5.41) is 1.97. The van der Waals surface area contributed by atoms with Crippen LogP contribution in [-0.2, 0) is 14.3 Å². The average Bonchev–Trinajstić information content (AvgIpc) is 2.64. The van der Waals surface area contributed by atoms with E-state index in [4.69, 9.17) is 16.3 Å². The highest BCUT2D eigenvalue weighted by Gasteiger charge is 2.67. The molecule has 0 radical (unpaired) electrons. The van der Waals surface area contributed by atoms with E-state index in [0.29, 0.717) is 19.3 Å². The van der Waals surface area contributed by atoms with Crippen molar-refractivity contribution in [3.05, 3.63) is 35.9 Å². The van der Waals surface area contributed by atoms with Gasteiger partial charge < -0.3 is 10.1 Å². The predicted molar refractivity (Wildman–Crippen MR) is 100 cm³/mol. The van der Waals surface area contributed by atoms with E-state index < -0.39 is 52.6 Å². The first-order chi connectivity index (χ1) is 14.7. The molecule has 1 amide bonds. The van der Waals surface area contributed by atoms with Crippen LogP contribution in [0.2, 0.25) is 0 Å². The van der Waals surface area contributed by atoms with Crippen molar-refractivity contribution in [3.63, 3.8) is 0 Å². The van der Waals surface area contributed by atoms with Gasteiger partial charge in [-0.25, -0.2) is 4.79 Å². The number of nitrogens with one attached hydrogen (secondary N) is 1. The zero-order valence-electron chi connectivity index (χ0n) is 16.6. The maximum atomic E-state index is 13.1. The summed E-state index contributed by atoms with van der Waals surface area (Å²) in [6, 6.07) is 6.39. The molecule has 6 atom stereocenters. The predicted octanol–water partition coefficient (Wildman–Crippen LogP) is 5.07. The summed E-state index contributed by atoms with van der Waals surface area (Å²) in [4.78, 5) is 22.9. The fourth-order valence-electron chi connectivity index (χ4n) is 6.25. The fraction of sp³-hybridized carbons (Fsp3) is 0.619. The zero-order valence-corrected chi connectivity index (χ0v) is 17.4. The highest BCUT2D eigenvalue weighted by molar-refractivity contribution is 6.24. The van der Waals surface area contributed by atoms with Gasteiger partial charge in [0.2, 0.25) is 0 Å². The number of rotatable bonds is 4. The number of alkyl halides is 7. The first kappa shape index (κ1) is 23.2. The van der Waals surface area contributed by atoms with E-state index in [0.717, 1.165) is 0 Å². The third kappa shape index (κ3) is 4.18. The van der Waals surface area contributed by atoms with E-state index in [1.54, 1.807) is 18.2 Å². The molecule has 5 rings (SSSR count). The van der Waals surface area contributed by atoms with Crippen LogP contribution >= 0.6 is 11.6 Å². The van der Waals surface area contributed by atoms with Gasteiger partial charge in [0.15, 0.2) is 0 Å². The molecule has 4 nitrogen and oxygen atoms in total. The maximum absolute atomic E-state index is 13.1. The lowest BCUT2D eigenvalue weighted by Crippen LogP contribution is -2.67. The van der Waals surface area contributed by atoms with E-state index in [9.17, 15) is 35.9 Å². The Labute approximate surface area is 184 Å². The second kappa shape index (κ2) is 7.53. The number of benzene rings is 1.